The van der Waals surface area contributed by atoms with Crippen molar-refractivity contribution in [2.24, 2.45) is 5.73 Å². The van der Waals surface area contributed by atoms with E-state index in [-0.39, 0.29) is 5.91 Å². The van der Waals surface area contributed by atoms with Gasteiger partial charge in [-0.25, -0.2) is 0 Å². The molecule has 1 unspecified atom stereocenters. The zero-order valence-electron chi connectivity index (χ0n) is 10.8. The van der Waals surface area contributed by atoms with E-state index in [0.717, 1.165) is 18.6 Å². The lowest BCUT2D eigenvalue weighted by atomic mass is 9.96. The van der Waals surface area contributed by atoms with Gasteiger partial charge in [0.25, 0.3) is 0 Å². The molecule has 1 atom stereocenters. The first-order valence-corrected chi connectivity index (χ1v) is 7.29. The van der Waals surface area contributed by atoms with Crippen LogP contribution < -0.4 is 11.1 Å². The molecule has 1 amide bonds. The average Bonchev–Trinajstić information content (AvgIpc) is 2.27. The minimum atomic E-state index is -0.538. The summed E-state index contributed by atoms with van der Waals surface area (Å²) in [6.07, 6.45) is 5.76. The molecule has 0 fully saturated rings. The number of nitrogens with two attached hydrogens (primary N) is 1. The molecule has 3 N–H and O–H groups in total. The fourth-order valence-electron chi connectivity index (χ4n) is 1.46. The number of nitrogens with one attached hydrogen (secondary N) is 1. The van der Waals surface area contributed by atoms with Crippen LogP contribution in [0.4, 0.5) is 0 Å². The van der Waals surface area contributed by atoms with Crippen molar-refractivity contribution < 1.29 is 4.79 Å². The van der Waals surface area contributed by atoms with Crippen molar-refractivity contribution in [1.82, 2.24) is 5.32 Å². The summed E-state index contributed by atoms with van der Waals surface area (Å²) in [5.41, 5.74) is 4.82. The predicted octanol–water partition coefficient (Wildman–Crippen LogP) is 2.15. The molecular weight excluding hydrogens is 220 g/mol. The lowest BCUT2D eigenvalue weighted by molar-refractivity contribution is -0.123. The fraction of sp³-hybridized carbons (Fsp3) is 0.917. The van der Waals surface area contributed by atoms with Gasteiger partial charge in [-0.1, -0.05) is 19.8 Å². The van der Waals surface area contributed by atoms with Crippen LogP contribution >= 0.6 is 11.8 Å². The molecule has 0 bridgehead atoms. The van der Waals surface area contributed by atoms with E-state index in [2.05, 4.69) is 12.2 Å². The molecule has 3 nitrogen and oxygen atoms in total. The van der Waals surface area contributed by atoms with Gasteiger partial charge in [-0.3, -0.25) is 4.79 Å². The van der Waals surface area contributed by atoms with E-state index in [4.69, 9.17) is 5.73 Å². The SMILES string of the molecule is CCCCCSCCCC(C)(NC)C(N)=O. The van der Waals surface area contributed by atoms with Crippen molar-refractivity contribution in [3.05, 3.63) is 0 Å². The third-order valence-corrected chi connectivity index (χ3v) is 4.11. The second kappa shape index (κ2) is 8.88. The molecule has 0 rings (SSSR count). The number of unbranched alkanes of at least 4 members (excludes halogenated alkanes) is 2. The predicted molar refractivity (Wildman–Crippen MR) is 72.7 cm³/mol. The number of thioether (sulfide) groups is 1. The molecule has 0 aromatic rings. The highest BCUT2D eigenvalue weighted by molar-refractivity contribution is 7.99. The highest BCUT2D eigenvalue weighted by Gasteiger charge is 2.27. The molecular formula is C12H26N2OS. The summed E-state index contributed by atoms with van der Waals surface area (Å²) < 4.78 is 0. The quantitative estimate of drug-likeness (QED) is 0.581. The van der Waals surface area contributed by atoms with E-state index in [1.165, 1.54) is 25.0 Å². The topological polar surface area (TPSA) is 55.1 Å². The van der Waals surface area contributed by atoms with Crippen LogP contribution in [-0.2, 0) is 4.79 Å². The molecule has 0 heterocycles. The first kappa shape index (κ1) is 15.8. The van der Waals surface area contributed by atoms with Crippen molar-refractivity contribution in [2.75, 3.05) is 18.6 Å². The van der Waals surface area contributed by atoms with Crippen molar-refractivity contribution in [3.63, 3.8) is 0 Å². The number of likely N-dealkylation sites (N-methyl/N-ethyl adjacent to an activating group) is 1. The number of carbonyl (C=O) groups excluding carboxylic acids is 1. The minimum absolute atomic E-state index is 0.258. The summed E-state index contributed by atoms with van der Waals surface area (Å²) in [7, 11) is 1.79. The van der Waals surface area contributed by atoms with Gasteiger partial charge in [-0.15, -0.1) is 0 Å². The van der Waals surface area contributed by atoms with Crippen LogP contribution in [0.5, 0.6) is 0 Å². The molecule has 0 radical (unpaired) electrons. The number of rotatable bonds is 10. The van der Waals surface area contributed by atoms with Gasteiger partial charge in [-0.05, 0) is 44.7 Å². The zero-order chi connectivity index (χ0) is 12.4. The Morgan fingerprint density at radius 1 is 1.31 bits per heavy atom. The van der Waals surface area contributed by atoms with Gasteiger partial charge in [0, 0.05) is 0 Å². The highest BCUT2D eigenvalue weighted by Crippen LogP contribution is 2.15. The Balaban J connectivity index is 3.53. The van der Waals surface area contributed by atoms with Gasteiger partial charge in [0.2, 0.25) is 5.91 Å². The van der Waals surface area contributed by atoms with Crippen LogP contribution in [0, 0.1) is 0 Å². The lowest BCUT2D eigenvalue weighted by Crippen LogP contribution is -2.51. The smallest absolute Gasteiger partial charge is 0.237 e. The first-order chi connectivity index (χ1) is 7.56. The van der Waals surface area contributed by atoms with Crippen LogP contribution in [0.25, 0.3) is 0 Å². The monoisotopic (exact) mass is 246 g/mol. The molecule has 4 heteroatoms. The molecule has 0 aliphatic rings. The van der Waals surface area contributed by atoms with Crippen molar-refractivity contribution >= 4 is 17.7 Å². The van der Waals surface area contributed by atoms with Crippen LogP contribution in [0.1, 0.15) is 46.0 Å². The molecule has 0 aliphatic carbocycles. The molecule has 0 aliphatic heterocycles. The summed E-state index contributed by atoms with van der Waals surface area (Å²) in [6, 6.07) is 0. The molecule has 96 valence electrons. The zero-order valence-corrected chi connectivity index (χ0v) is 11.7. The fourth-order valence-corrected chi connectivity index (χ4v) is 2.42. The van der Waals surface area contributed by atoms with Crippen LogP contribution in [0.3, 0.4) is 0 Å². The first-order valence-electron chi connectivity index (χ1n) is 6.13. The molecule has 0 aromatic carbocycles. The summed E-state index contributed by atoms with van der Waals surface area (Å²) >= 11 is 1.98. The summed E-state index contributed by atoms with van der Waals surface area (Å²) in [6.45, 7) is 4.09. The highest BCUT2D eigenvalue weighted by atomic mass is 32.2. The Hall–Kier alpha value is -0.220. The molecule has 0 aromatic heterocycles. The Kier molecular flexibility index (Phi) is 8.76. The van der Waals surface area contributed by atoms with E-state index in [1.807, 2.05) is 18.7 Å². The van der Waals surface area contributed by atoms with E-state index in [1.54, 1.807) is 7.05 Å². The largest absolute Gasteiger partial charge is 0.368 e. The van der Waals surface area contributed by atoms with Crippen LogP contribution in [0.2, 0.25) is 0 Å². The van der Waals surface area contributed by atoms with E-state index >= 15 is 0 Å². The van der Waals surface area contributed by atoms with Gasteiger partial charge >= 0.3 is 0 Å². The second-order valence-corrected chi connectivity index (χ2v) is 5.59. The summed E-state index contributed by atoms with van der Waals surface area (Å²) in [4.78, 5) is 11.2. The maximum absolute atomic E-state index is 11.2. The molecule has 0 saturated carbocycles. The minimum Gasteiger partial charge on any atom is -0.368 e. The summed E-state index contributed by atoms with van der Waals surface area (Å²) in [5.74, 6) is 2.10. The standard InChI is InChI=1S/C12H26N2OS/c1-4-5-6-9-16-10-7-8-12(2,14-3)11(13)15/h14H,4-10H2,1-3H3,(H2,13,15). The molecule has 0 spiro atoms. The number of carbonyl (C=O) groups is 1. The summed E-state index contributed by atoms with van der Waals surface area (Å²) in [5, 5.41) is 3.01. The van der Waals surface area contributed by atoms with Gasteiger partial charge in [0.1, 0.15) is 0 Å². The third-order valence-electron chi connectivity index (χ3n) is 2.95. The average molecular weight is 246 g/mol. The maximum Gasteiger partial charge on any atom is 0.237 e. The molecule has 0 saturated heterocycles. The Morgan fingerprint density at radius 3 is 2.44 bits per heavy atom. The Morgan fingerprint density at radius 2 is 1.94 bits per heavy atom. The Labute approximate surface area is 104 Å². The van der Waals surface area contributed by atoms with Gasteiger partial charge in [0.05, 0.1) is 5.54 Å². The van der Waals surface area contributed by atoms with E-state index < -0.39 is 5.54 Å². The van der Waals surface area contributed by atoms with Gasteiger partial charge < -0.3 is 11.1 Å². The number of amides is 1. The van der Waals surface area contributed by atoms with Crippen molar-refractivity contribution in [3.8, 4) is 0 Å². The van der Waals surface area contributed by atoms with Crippen molar-refractivity contribution in [1.29, 1.82) is 0 Å². The number of hydrogen-bond acceptors (Lipinski definition) is 3. The van der Waals surface area contributed by atoms with E-state index in [9.17, 15) is 4.79 Å². The third kappa shape index (κ3) is 6.38. The number of hydrogen-bond donors (Lipinski definition) is 2. The van der Waals surface area contributed by atoms with Crippen LogP contribution in [-0.4, -0.2) is 30.0 Å². The second-order valence-electron chi connectivity index (χ2n) is 4.37. The number of primary amides is 1. The van der Waals surface area contributed by atoms with Crippen LogP contribution in [0.15, 0.2) is 0 Å². The lowest BCUT2D eigenvalue weighted by Gasteiger charge is -2.25. The van der Waals surface area contributed by atoms with E-state index in [0.29, 0.717) is 0 Å². The Bertz CT molecular complexity index is 199. The molecule has 16 heavy (non-hydrogen) atoms. The van der Waals surface area contributed by atoms with Crippen molar-refractivity contribution in [2.45, 2.75) is 51.5 Å². The van der Waals surface area contributed by atoms with Gasteiger partial charge in [0.15, 0.2) is 0 Å². The normalized spacial score (nSPS) is 14.7. The maximum atomic E-state index is 11.2. The van der Waals surface area contributed by atoms with Gasteiger partial charge in [-0.2, -0.15) is 11.8 Å².